The van der Waals surface area contributed by atoms with E-state index in [0.29, 0.717) is 0 Å². The Morgan fingerprint density at radius 3 is 3.20 bits per heavy atom. The number of tetrazole rings is 1. The third kappa shape index (κ3) is 2.34. The molecule has 1 heterocycles. The van der Waals surface area contributed by atoms with E-state index in [0.717, 1.165) is 18.0 Å². The first kappa shape index (κ1) is 7.53. The number of nitrogens with zero attached hydrogens (tertiary/aromatic N) is 3. The third-order valence-corrected chi connectivity index (χ3v) is 1.73. The Morgan fingerprint density at radius 2 is 2.60 bits per heavy atom. The molecule has 1 aromatic rings. The minimum atomic E-state index is 0.758. The molecule has 55 valence electrons. The molecular weight excluding hydrogens is 148 g/mol. The van der Waals surface area contributed by atoms with Crippen molar-refractivity contribution in [3.05, 3.63) is 5.75 Å². The van der Waals surface area contributed by atoms with Gasteiger partial charge in [0.25, 0.3) is 0 Å². The van der Waals surface area contributed by atoms with Gasteiger partial charge in [-0.25, -0.2) is 5.10 Å². The van der Waals surface area contributed by atoms with Gasteiger partial charge < -0.3 is 0 Å². The fraction of sp³-hybridized carbons (Fsp3) is 0.600. The molecule has 0 aliphatic carbocycles. The van der Waals surface area contributed by atoms with Gasteiger partial charge >= 0.3 is 0 Å². The van der Waals surface area contributed by atoms with Crippen LogP contribution in [-0.4, -0.2) is 20.6 Å². The van der Waals surface area contributed by atoms with E-state index in [-0.39, 0.29) is 0 Å². The summed E-state index contributed by atoms with van der Waals surface area (Å²) in [7, 11) is 0. The molecule has 1 N–H and O–H groups in total. The first-order valence-electron chi connectivity index (χ1n) is 3.15. The molecule has 5 heteroatoms. The minimum Gasteiger partial charge on any atom is -0.234 e. The van der Waals surface area contributed by atoms with E-state index >= 15 is 0 Å². The van der Waals surface area contributed by atoms with Crippen LogP contribution in [0.25, 0.3) is 0 Å². The van der Waals surface area contributed by atoms with Gasteiger partial charge in [-0.15, -0.1) is 5.10 Å². The topological polar surface area (TPSA) is 54.5 Å². The molecule has 4 nitrogen and oxygen atoms in total. The lowest BCUT2D eigenvalue weighted by molar-refractivity contribution is 0.881. The van der Waals surface area contributed by atoms with Crippen LogP contribution < -0.4 is 0 Å². The van der Waals surface area contributed by atoms with Crippen LogP contribution in [0, 0.1) is 5.75 Å². The van der Waals surface area contributed by atoms with Gasteiger partial charge in [-0.3, -0.25) is 0 Å². The summed E-state index contributed by atoms with van der Waals surface area (Å²) in [6.07, 6.45) is 2.25. The number of hydrogen-bond acceptors (Lipinski definition) is 4. The Bertz CT molecular complexity index is 162. The molecule has 0 spiro atoms. The number of rotatable bonds is 4. The highest BCUT2D eigenvalue weighted by Gasteiger charge is 1.95. The van der Waals surface area contributed by atoms with E-state index < -0.39 is 0 Å². The standard InChI is InChI=1S/C5H9N4S/c1-2-3-4-10-5-6-8-9-7-5/h4H,2-3H2,1H3,(H,6,7,8,9). The van der Waals surface area contributed by atoms with Gasteiger partial charge in [0.15, 0.2) is 0 Å². The number of nitrogens with one attached hydrogen (secondary N) is 1. The maximum Gasteiger partial charge on any atom is 0.207 e. The van der Waals surface area contributed by atoms with Crippen LogP contribution in [0.5, 0.6) is 0 Å². The first-order chi connectivity index (χ1) is 4.93. The SMILES string of the molecule is CCC[CH]Sc1nnn[nH]1. The molecule has 1 rings (SSSR count). The predicted octanol–water partition coefficient (Wildman–Crippen LogP) is 1.25. The molecule has 1 radical (unpaired) electrons. The highest BCUT2D eigenvalue weighted by molar-refractivity contribution is 8.01. The van der Waals surface area contributed by atoms with Crippen molar-refractivity contribution >= 4 is 11.8 Å². The molecule has 0 unspecified atom stereocenters. The van der Waals surface area contributed by atoms with E-state index in [1.54, 1.807) is 0 Å². The van der Waals surface area contributed by atoms with Crippen LogP contribution in [0.1, 0.15) is 19.8 Å². The molecular formula is C5H9N4S. The van der Waals surface area contributed by atoms with Gasteiger partial charge in [0.05, 0.1) is 0 Å². The summed E-state index contributed by atoms with van der Waals surface area (Å²) in [6, 6.07) is 0. The summed E-state index contributed by atoms with van der Waals surface area (Å²) in [5.41, 5.74) is 0. The fourth-order valence-electron chi connectivity index (χ4n) is 0.456. The number of hydrogen-bond donors (Lipinski definition) is 1. The zero-order chi connectivity index (χ0) is 7.23. The van der Waals surface area contributed by atoms with Crippen molar-refractivity contribution in [2.24, 2.45) is 0 Å². The second-order valence-electron chi connectivity index (χ2n) is 1.78. The van der Waals surface area contributed by atoms with Gasteiger partial charge in [0.2, 0.25) is 5.16 Å². The molecule has 0 aliphatic heterocycles. The Labute approximate surface area is 63.8 Å². The number of H-pyrrole nitrogens is 1. The molecule has 0 saturated carbocycles. The average Bonchev–Trinajstić information content (AvgIpc) is 2.41. The van der Waals surface area contributed by atoms with Gasteiger partial charge in [-0.05, 0) is 16.8 Å². The molecule has 0 amide bonds. The molecule has 0 bridgehead atoms. The molecule has 0 aliphatic rings. The van der Waals surface area contributed by atoms with Crippen molar-refractivity contribution in [3.63, 3.8) is 0 Å². The number of thioether (sulfide) groups is 1. The van der Waals surface area contributed by atoms with Crippen LogP contribution in [0.4, 0.5) is 0 Å². The fourth-order valence-corrected chi connectivity index (χ4v) is 1.14. The zero-order valence-electron chi connectivity index (χ0n) is 5.74. The van der Waals surface area contributed by atoms with Crippen molar-refractivity contribution < 1.29 is 0 Å². The van der Waals surface area contributed by atoms with Crippen molar-refractivity contribution in [1.82, 2.24) is 20.6 Å². The zero-order valence-corrected chi connectivity index (χ0v) is 6.56. The van der Waals surface area contributed by atoms with Crippen molar-refractivity contribution in [3.8, 4) is 0 Å². The van der Waals surface area contributed by atoms with Crippen molar-refractivity contribution in [2.45, 2.75) is 24.9 Å². The van der Waals surface area contributed by atoms with E-state index in [2.05, 4.69) is 33.3 Å². The molecule has 0 atom stereocenters. The van der Waals surface area contributed by atoms with Crippen LogP contribution >= 0.6 is 11.8 Å². The Morgan fingerprint density at radius 1 is 1.70 bits per heavy atom. The average molecular weight is 157 g/mol. The van der Waals surface area contributed by atoms with Gasteiger partial charge in [-0.1, -0.05) is 25.1 Å². The monoisotopic (exact) mass is 157 g/mol. The first-order valence-corrected chi connectivity index (χ1v) is 4.03. The number of unbranched alkanes of at least 4 members (excludes halogenated alkanes) is 1. The summed E-state index contributed by atoms with van der Waals surface area (Å²) in [4.78, 5) is 0. The largest absolute Gasteiger partial charge is 0.234 e. The molecule has 1 aromatic heterocycles. The Hall–Kier alpha value is -0.580. The molecule has 0 aromatic carbocycles. The highest BCUT2D eigenvalue weighted by Crippen LogP contribution is 2.16. The summed E-state index contributed by atoms with van der Waals surface area (Å²) in [5.74, 6) is 2.09. The van der Waals surface area contributed by atoms with E-state index in [1.807, 2.05) is 0 Å². The van der Waals surface area contributed by atoms with Gasteiger partial charge in [0, 0.05) is 5.75 Å². The minimum absolute atomic E-state index is 0.758. The number of aromatic amines is 1. The maximum absolute atomic E-state index is 3.70. The maximum atomic E-state index is 3.70. The third-order valence-electron chi connectivity index (χ3n) is 0.927. The van der Waals surface area contributed by atoms with Crippen molar-refractivity contribution in [2.75, 3.05) is 0 Å². The molecule has 0 saturated heterocycles. The van der Waals surface area contributed by atoms with Crippen molar-refractivity contribution in [1.29, 1.82) is 0 Å². The summed E-state index contributed by atoms with van der Waals surface area (Å²) in [5, 5.41) is 14.0. The van der Waals surface area contributed by atoms with Gasteiger partial charge in [0.1, 0.15) is 0 Å². The van der Waals surface area contributed by atoms with E-state index in [1.165, 1.54) is 11.8 Å². The lowest BCUT2D eigenvalue weighted by Crippen LogP contribution is -1.74. The summed E-state index contributed by atoms with van der Waals surface area (Å²) in [6.45, 7) is 2.13. The lowest BCUT2D eigenvalue weighted by Gasteiger charge is -1.90. The second kappa shape index (κ2) is 4.27. The van der Waals surface area contributed by atoms with Crippen LogP contribution in [0.15, 0.2) is 5.16 Å². The lowest BCUT2D eigenvalue weighted by atomic mass is 10.4. The quantitative estimate of drug-likeness (QED) is 0.528. The predicted molar refractivity (Wildman–Crippen MR) is 39.2 cm³/mol. The Balaban J connectivity index is 2.15. The highest BCUT2D eigenvalue weighted by atomic mass is 32.2. The Kier molecular flexibility index (Phi) is 3.21. The molecule has 10 heavy (non-hydrogen) atoms. The van der Waals surface area contributed by atoms with Crippen LogP contribution in [0.2, 0.25) is 0 Å². The number of aromatic nitrogens is 4. The summed E-state index contributed by atoms with van der Waals surface area (Å²) >= 11 is 1.53. The van der Waals surface area contributed by atoms with Gasteiger partial charge in [-0.2, -0.15) is 0 Å². The second-order valence-corrected chi connectivity index (χ2v) is 2.74. The normalized spacial score (nSPS) is 10.1. The smallest absolute Gasteiger partial charge is 0.207 e. The van der Waals surface area contributed by atoms with Crippen LogP contribution in [-0.2, 0) is 0 Å². The van der Waals surface area contributed by atoms with Crippen LogP contribution in [0.3, 0.4) is 0 Å². The van der Waals surface area contributed by atoms with E-state index in [9.17, 15) is 0 Å². The molecule has 0 fully saturated rings. The van der Waals surface area contributed by atoms with E-state index in [4.69, 9.17) is 0 Å². The summed E-state index contributed by atoms with van der Waals surface area (Å²) < 4.78 is 0.